The minimum Gasteiger partial charge on any atom is -0.390 e. The Balaban J connectivity index is 3.71. The van der Waals surface area contributed by atoms with E-state index in [1.165, 1.54) is 0 Å². The Kier molecular flexibility index (Phi) is 5.18. The second-order valence-electron chi connectivity index (χ2n) is 3.80. The van der Waals surface area contributed by atoms with Gasteiger partial charge in [-0.2, -0.15) is 0 Å². The third-order valence-corrected chi connectivity index (χ3v) is 1.94. The molecule has 12 heavy (non-hydrogen) atoms. The highest BCUT2D eigenvalue weighted by atomic mass is 16.3. The largest absolute Gasteiger partial charge is 0.390 e. The zero-order valence-corrected chi connectivity index (χ0v) is 8.25. The van der Waals surface area contributed by atoms with Gasteiger partial charge in [0, 0.05) is 0 Å². The van der Waals surface area contributed by atoms with Crippen LogP contribution in [0, 0.1) is 5.92 Å². The van der Waals surface area contributed by atoms with Crippen molar-refractivity contribution in [3.05, 3.63) is 12.2 Å². The van der Waals surface area contributed by atoms with Crippen molar-refractivity contribution in [1.82, 2.24) is 0 Å². The number of aliphatic hydroxyl groups is 2. The van der Waals surface area contributed by atoms with E-state index in [1.54, 1.807) is 0 Å². The van der Waals surface area contributed by atoms with E-state index in [0.717, 1.165) is 12.0 Å². The molecule has 2 unspecified atom stereocenters. The molecule has 72 valence electrons. The minimum absolute atomic E-state index is 0.116. The third kappa shape index (κ3) is 4.52. The molecule has 0 aromatic heterocycles. The van der Waals surface area contributed by atoms with Crippen molar-refractivity contribution in [2.45, 2.75) is 45.8 Å². The molecular formula is C10H20O2. The lowest BCUT2D eigenvalue weighted by molar-refractivity contribution is -0.0118. The maximum absolute atomic E-state index is 9.45. The van der Waals surface area contributed by atoms with Crippen LogP contribution >= 0.6 is 0 Å². The van der Waals surface area contributed by atoms with Crippen molar-refractivity contribution in [1.29, 1.82) is 0 Å². The predicted octanol–water partition coefficient (Wildman–Crippen LogP) is 1.72. The number of allylic oxidation sites excluding steroid dienone is 1. The Morgan fingerprint density at radius 1 is 1.33 bits per heavy atom. The fraction of sp³-hybridized carbons (Fsp3) is 0.800. The van der Waals surface area contributed by atoms with E-state index in [1.807, 2.05) is 20.8 Å². The van der Waals surface area contributed by atoms with Gasteiger partial charge in [-0.1, -0.05) is 19.4 Å². The SMILES string of the molecule is C=C(C)CCC(O)C(O)C(C)C. The van der Waals surface area contributed by atoms with Crippen LogP contribution in [0.4, 0.5) is 0 Å². The van der Waals surface area contributed by atoms with Crippen LogP contribution in [0.3, 0.4) is 0 Å². The monoisotopic (exact) mass is 172 g/mol. The van der Waals surface area contributed by atoms with Crippen LogP contribution in [0.5, 0.6) is 0 Å². The number of aliphatic hydroxyl groups excluding tert-OH is 2. The zero-order valence-electron chi connectivity index (χ0n) is 8.25. The third-order valence-electron chi connectivity index (χ3n) is 1.94. The van der Waals surface area contributed by atoms with Crippen LogP contribution in [0.25, 0.3) is 0 Å². The molecule has 0 amide bonds. The van der Waals surface area contributed by atoms with E-state index < -0.39 is 12.2 Å². The second kappa shape index (κ2) is 5.33. The van der Waals surface area contributed by atoms with Crippen LogP contribution in [-0.4, -0.2) is 22.4 Å². The van der Waals surface area contributed by atoms with Gasteiger partial charge in [-0.05, 0) is 25.7 Å². The molecule has 0 radical (unpaired) electrons. The molecule has 0 heterocycles. The molecule has 0 saturated heterocycles. The molecule has 0 bridgehead atoms. The van der Waals surface area contributed by atoms with Gasteiger partial charge < -0.3 is 10.2 Å². The van der Waals surface area contributed by atoms with E-state index in [4.69, 9.17) is 0 Å². The quantitative estimate of drug-likeness (QED) is 0.620. The summed E-state index contributed by atoms with van der Waals surface area (Å²) in [7, 11) is 0. The Hall–Kier alpha value is -0.340. The molecule has 0 fully saturated rings. The molecule has 0 aromatic rings. The summed E-state index contributed by atoms with van der Waals surface area (Å²) in [6, 6.07) is 0. The lowest BCUT2D eigenvalue weighted by atomic mass is 9.97. The lowest BCUT2D eigenvalue weighted by Gasteiger charge is -2.20. The van der Waals surface area contributed by atoms with Crippen LogP contribution in [0.15, 0.2) is 12.2 Å². The summed E-state index contributed by atoms with van der Waals surface area (Å²) >= 11 is 0. The van der Waals surface area contributed by atoms with Gasteiger partial charge in [0.1, 0.15) is 0 Å². The predicted molar refractivity (Wildman–Crippen MR) is 50.9 cm³/mol. The van der Waals surface area contributed by atoms with Gasteiger partial charge in [0.2, 0.25) is 0 Å². The van der Waals surface area contributed by atoms with E-state index >= 15 is 0 Å². The average molecular weight is 172 g/mol. The van der Waals surface area contributed by atoms with Gasteiger partial charge in [0.05, 0.1) is 12.2 Å². The fourth-order valence-electron chi connectivity index (χ4n) is 1.01. The van der Waals surface area contributed by atoms with Gasteiger partial charge in [-0.3, -0.25) is 0 Å². The van der Waals surface area contributed by atoms with Crippen molar-refractivity contribution in [2.24, 2.45) is 5.92 Å². The average Bonchev–Trinajstić information content (AvgIpc) is 1.98. The Morgan fingerprint density at radius 3 is 2.17 bits per heavy atom. The normalized spacial score (nSPS) is 16.2. The first-order valence-electron chi connectivity index (χ1n) is 4.45. The molecule has 0 aliphatic carbocycles. The summed E-state index contributed by atoms with van der Waals surface area (Å²) < 4.78 is 0. The number of rotatable bonds is 5. The summed E-state index contributed by atoms with van der Waals surface area (Å²) in [6.45, 7) is 9.46. The number of hydrogen-bond acceptors (Lipinski definition) is 2. The van der Waals surface area contributed by atoms with Crippen LogP contribution in [0.1, 0.15) is 33.6 Å². The molecule has 0 aromatic carbocycles. The molecule has 2 atom stereocenters. The molecule has 0 spiro atoms. The molecule has 0 aliphatic heterocycles. The highest BCUT2D eigenvalue weighted by Gasteiger charge is 2.18. The maximum atomic E-state index is 9.45. The molecular weight excluding hydrogens is 152 g/mol. The zero-order chi connectivity index (χ0) is 9.72. The minimum atomic E-state index is -0.610. The highest BCUT2D eigenvalue weighted by Crippen LogP contribution is 2.13. The topological polar surface area (TPSA) is 40.5 Å². The van der Waals surface area contributed by atoms with Crippen LogP contribution in [-0.2, 0) is 0 Å². The molecule has 2 N–H and O–H groups in total. The number of hydrogen-bond donors (Lipinski definition) is 2. The van der Waals surface area contributed by atoms with Crippen molar-refractivity contribution >= 4 is 0 Å². The molecule has 0 rings (SSSR count). The van der Waals surface area contributed by atoms with E-state index in [9.17, 15) is 10.2 Å². The highest BCUT2D eigenvalue weighted by molar-refractivity contribution is 4.89. The summed E-state index contributed by atoms with van der Waals surface area (Å²) in [5.41, 5.74) is 1.05. The summed E-state index contributed by atoms with van der Waals surface area (Å²) in [5, 5.41) is 18.9. The Labute approximate surface area is 74.9 Å². The van der Waals surface area contributed by atoms with Crippen molar-refractivity contribution < 1.29 is 10.2 Å². The van der Waals surface area contributed by atoms with Crippen LogP contribution in [0.2, 0.25) is 0 Å². The van der Waals surface area contributed by atoms with E-state index in [2.05, 4.69) is 6.58 Å². The van der Waals surface area contributed by atoms with Crippen LogP contribution < -0.4 is 0 Å². The fourth-order valence-corrected chi connectivity index (χ4v) is 1.01. The van der Waals surface area contributed by atoms with Gasteiger partial charge in [-0.15, -0.1) is 6.58 Å². The second-order valence-corrected chi connectivity index (χ2v) is 3.80. The Morgan fingerprint density at radius 2 is 1.83 bits per heavy atom. The summed E-state index contributed by atoms with van der Waals surface area (Å²) in [5.74, 6) is 0.116. The van der Waals surface area contributed by atoms with Crippen molar-refractivity contribution in [3.8, 4) is 0 Å². The van der Waals surface area contributed by atoms with E-state index in [-0.39, 0.29) is 5.92 Å². The standard InChI is InChI=1S/C10H20O2/c1-7(2)5-6-9(11)10(12)8(3)4/h8-12H,1,5-6H2,2-4H3. The summed E-state index contributed by atoms with van der Waals surface area (Å²) in [4.78, 5) is 0. The van der Waals surface area contributed by atoms with E-state index in [0.29, 0.717) is 6.42 Å². The maximum Gasteiger partial charge on any atom is 0.0822 e. The molecule has 0 saturated carbocycles. The first kappa shape index (κ1) is 11.7. The van der Waals surface area contributed by atoms with Gasteiger partial charge in [0.15, 0.2) is 0 Å². The molecule has 2 heteroatoms. The van der Waals surface area contributed by atoms with Gasteiger partial charge in [0.25, 0.3) is 0 Å². The van der Waals surface area contributed by atoms with Crippen molar-refractivity contribution in [3.63, 3.8) is 0 Å². The molecule has 0 aliphatic rings. The molecule has 2 nitrogen and oxygen atoms in total. The van der Waals surface area contributed by atoms with Gasteiger partial charge >= 0.3 is 0 Å². The van der Waals surface area contributed by atoms with Crippen molar-refractivity contribution in [2.75, 3.05) is 0 Å². The lowest BCUT2D eigenvalue weighted by Crippen LogP contribution is -2.30. The van der Waals surface area contributed by atoms with Gasteiger partial charge in [-0.25, -0.2) is 0 Å². The summed E-state index contributed by atoms with van der Waals surface area (Å²) in [6.07, 6.45) is 0.172. The first-order chi connectivity index (χ1) is 5.45. The first-order valence-corrected chi connectivity index (χ1v) is 4.45. The smallest absolute Gasteiger partial charge is 0.0822 e. The Bertz CT molecular complexity index is 141.